The van der Waals surface area contributed by atoms with Crippen molar-refractivity contribution in [1.82, 2.24) is 14.9 Å². The number of hydrogen-bond donors (Lipinski definition) is 2. The van der Waals surface area contributed by atoms with Crippen LogP contribution in [0.25, 0.3) is 11.0 Å². The fourth-order valence-electron chi connectivity index (χ4n) is 4.26. The predicted octanol–water partition coefficient (Wildman–Crippen LogP) is 2.42. The van der Waals surface area contributed by atoms with Gasteiger partial charge in [-0.15, -0.1) is 0 Å². The van der Waals surface area contributed by atoms with Gasteiger partial charge in [0.2, 0.25) is 16.8 Å². The topological polar surface area (TPSA) is 122 Å². The Morgan fingerprint density at radius 2 is 1.89 bits per heavy atom. The molecule has 202 valence electrons. The van der Waals surface area contributed by atoms with Crippen LogP contribution >= 0.6 is 0 Å². The molecule has 0 fully saturated rings. The minimum atomic E-state index is -3.34. The number of allylic oxidation sites excluding steroid dienone is 2. The number of unbranched alkanes of at least 4 members (excludes halogenated alkanes) is 1. The molecule has 2 heterocycles. The van der Waals surface area contributed by atoms with Crippen LogP contribution in [0.15, 0.2) is 44.4 Å². The summed E-state index contributed by atoms with van der Waals surface area (Å²) in [4.78, 5) is 19.3. The molecule has 11 heteroatoms. The number of hydrogen-bond acceptors (Lipinski definition) is 9. The number of rotatable bonds is 13. The first-order chi connectivity index (χ1) is 17.8. The molecule has 0 saturated carbocycles. The van der Waals surface area contributed by atoms with Gasteiger partial charge in [-0.05, 0) is 71.3 Å². The number of sulfonamides is 1. The lowest BCUT2D eigenvalue weighted by Crippen LogP contribution is -2.32. The van der Waals surface area contributed by atoms with Crippen molar-refractivity contribution >= 4 is 26.7 Å². The van der Waals surface area contributed by atoms with E-state index in [0.717, 1.165) is 56.6 Å². The molecular weight excluding hydrogens is 496 g/mol. The largest absolute Gasteiger partial charge is 0.464 e. The van der Waals surface area contributed by atoms with Gasteiger partial charge >= 0.3 is 0 Å². The summed E-state index contributed by atoms with van der Waals surface area (Å²) in [7, 11) is 0.374. The summed E-state index contributed by atoms with van der Waals surface area (Å²) in [6.07, 6.45) is 8.33. The molecule has 1 aromatic heterocycles. The fourth-order valence-corrected chi connectivity index (χ4v) is 5.53. The molecule has 0 atom stereocenters. The molecular formula is C26H36N4O6S. The standard InChI is InChI=1S/C26H36N4O6S/c1-30(2)12-13-37(32,33)29-21-8-5-7-20(14-21)28-11-10-27-9-4-3-6-19-17-34-23-16-25-24(35-18-36-25)15-22(23)26(19)31/h14-17,27,29H,3-13,18H2,1-2H3. The van der Waals surface area contributed by atoms with Gasteiger partial charge in [-0.1, -0.05) is 0 Å². The van der Waals surface area contributed by atoms with Gasteiger partial charge in [-0.2, -0.15) is 0 Å². The average Bonchev–Trinajstić information content (AvgIpc) is 3.32. The second-order valence-electron chi connectivity index (χ2n) is 9.62. The van der Waals surface area contributed by atoms with Gasteiger partial charge in [0.05, 0.1) is 23.9 Å². The second-order valence-corrected chi connectivity index (χ2v) is 11.5. The van der Waals surface area contributed by atoms with Gasteiger partial charge in [0.25, 0.3) is 0 Å². The highest BCUT2D eigenvalue weighted by Gasteiger charge is 2.18. The molecule has 0 bridgehead atoms. The number of ether oxygens (including phenoxy) is 2. The minimum Gasteiger partial charge on any atom is -0.464 e. The first kappa shape index (κ1) is 27.2. The highest BCUT2D eigenvalue weighted by Crippen LogP contribution is 2.35. The highest BCUT2D eigenvalue weighted by molar-refractivity contribution is 7.89. The smallest absolute Gasteiger partial charge is 0.233 e. The van der Waals surface area contributed by atoms with E-state index < -0.39 is 10.0 Å². The molecule has 37 heavy (non-hydrogen) atoms. The summed E-state index contributed by atoms with van der Waals surface area (Å²) in [5.41, 5.74) is 2.80. The first-order valence-corrected chi connectivity index (χ1v) is 14.4. The van der Waals surface area contributed by atoms with E-state index in [4.69, 9.17) is 13.9 Å². The van der Waals surface area contributed by atoms with Gasteiger partial charge in [0.1, 0.15) is 5.58 Å². The van der Waals surface area contributed by atoms with Crippen molar-refractivity contribution in [3.8, 4) is 11.5 Å². The van der Waals surface area contributed by atoms with Crippen molar-refractivity contribution in [1.29, 1.82) is 0 Å². The Bertz CT molecular complexity index is 1320. The highest BCUT2D eigenvalue weighted by atomic mass is 32.2. The fraction of sp³-hybridized carbons (Fsp3) is 0.538. The molecule has 0 amide bonds. The maximum Gasteiger partial charge on any atom is 0.233 e. The van der Waals surface area contributed by atoms with E-state index in [1.165, 1.54) is 0 Å². The lowest BCUT2D eigenvalue weighted by molar-refractivity contribution is 0.174. The third-order valence-electron chi connectivity index (χ3n) is 6.31. The lowest BCUT2D eigenvalue weighted by Gasteiger charge is -2.17. The van der Waals surface area contributed by atoms with E-state index in [1.807, 2.05) is 25.1 Å². The Morgan fingerprint density at radius 3 is 2.70 bits per heavy atom. The van der Waals surface area contributed by atoms with Gasteiger partial charge in [-0.3, -0.25) is 14.5 Å². The summed E-state index contributed by atoms with van der Waals surface area (Å²) in [5, 5.41) is 3.90. The lowest BCUT2D eigenvalue weighted by atomic mass is 10.0. The van der Waals surface area contributed by atoms with Crippen molar-refractivity contribution in [3.63, 3.8) is 0 Å². The van der Waals surface area contributed by atoms with Crippen LogP contribution in [0.1, 0.15) is 37.7 Å². The van der Waals surface area contributed by atoms with Crippen molar-refractivity contribution in [2.24, 2.45) is 4.99 Å². The van der Waals surface area contributed by atoms with E-state index in [-0.39, 0.29) is 18.0 Å². The van der Waals surface area contributed by atoms with E-state index in [2.05, 4.69) is 15.0 Å². The molecule has 1 aliphatic carbocycles. The monoisotopic (exact) mass is 532 g/mol. The maximum absolute atomic E-state index is 12.8. The number of benzene rings is 1. The first-order valence-electron chi connectivity index (χ1n) is 12.7. The molecule has 0 radical (unpaired) electrons. The van der Waals surface area contributed by atoms with Crippen molar-refractivity contribution < 1.29 is 22.3 Å². The Hall–Kier alpha value is -2.89. The molecule has 10 nitrogen and oxygen atoms in total. The number of fused-ring (bicyclic) bond motifs is 2. The van der Waals surface area contributed by atoms with Crippen molar-refractivity contribution in [2.75, 3.05) is 52.8 Å². The van der Waals surface area contributed by atoms with Gasteiger partial charge in [0.15, 0.2) is 16.9 Å². The molecule has 2 aliphatic rings. The molecule has 1 aliphatic heterocycles. The van der Waals surface area contributed by atoms with Crippen LogP contribution in [0, 0.1) is 0 Å². The molecule has 0 spiro atoms. The summed E-state index contributed by atoms with van der Waals surface area (Å²) in [6.45, 7) is 2.85. The maximum atomic E-state index is 12.8. The molecule has 2 N–H and O–H groups in total. The second kappa shape index (κ2) is 12.6. The summed E-state index contributed by atoms with van der Waals surface area (Å²) >= 11 is 0. The van der Waals surface area contributed by atoms with Gasteiger partial charge < -0.3 is 24.1 Å². The zero-order valence-corrected chi connectivity index (χ0v) is 22.4. The predicted molar refractivity (Wildman–Crippen MR) is 144 cm³/mol. The average molecular weight is 533 g/mol. The molecule has 1 aromatic carbocycles. The van der Waals surface area contributed by atoms with Crippen LogP contribution in [0.5, 0.6) is 11.5 Å². The molecule has 0 unspecified atom stereocenters. The SMILES string of the molecule is CN(C)CCS(=O)(=O)NC1=CC(=NCCNCCCCc2coc3cc4c(cc3c2=O)OCO4)CCC1. The third-order valence-corrected chi connectivity index (χ3v) is 7.60. The summed E-state index contributed by atoms with van der Waals surface area (Å²) in [5.74, 6) is 1.25. The van der Waals surface area contributed by atoms with Crippen LogP contribution < -0.4 is 24.9 Å². The Morgan fingerprint density at radius 1 is 1.08 bits per heavy atom. The zero-order chi connectivity index (χ0) is 26.3. The molecule has 2 aromatic rings. The van der Waals surface area contributed by atoms with Crippen LogP contribution in [-0.2, 0) is 16.4 Å². The number of nitrogens with zero attached hydrogens (tertiary/aromatic N) is 2. The third kappa shape index (κ3) is 7.80. The number of aliphatic imine (C=N–C) groups is 1. The number of aryl methyl sites for hydroxylation is 1. The Labute approximate surface area is 217 Å². The van der Waals surface area contributed by atoms with Crippen LogP contribution in [0.3, 0.4) is 0 Å². The van der Waals surface area contributed by atoms with Crippen molar-refractivity contribution in [2.45, 2.75) is 38.5 Å². The Kier molecular flexibility index (Phi) is 9.23. The van der Waals surface area contributed by atoms with E-state index in [0.29, 0.717) is 47.5 Å². The number of nitrogens with one attached hydrogen (secondary N) is 2. The molecule has 4 rings (SSSR count). The van der Waals surface area contributed by atoms with Crippen LogP contribution in [0.4, 0.5) is 0 Å². The van der Waals surface area contributed by atoms with Crippen LogP contribution in [0.2, 0.25) is 0 Å². The quantitative estimate of drug-likeness (QED) is 0.377. The zero-order valence-electron chi connectivity index (χ0n) is 21.5. The van der Waals surface area contributed by atoms with E-state index in [1.54, 1.807) is 18.4 Å². The van der Waals surface area contributed by atoms with E-state index >= 15 is 0 Å². The van der Waals surface area contributed by atoms with Crippen LogP contribution in [-0.4, -0.2) is 71.8 Å². The molecule has 0 saturated heterocycles. The Balaban J connectivity index is 1.16. The van der Waals surface area contributed by atoms with Gasteiger partial charge in [0, 0.05) is 36.1 Å². The summed E-state index contributed by atoms with van der Waals surface area (Å²) < 4.78 is 43.6. The normalized spacial score (nSPS) is 16.5. The minimum absolute atomic E-state index is 0.0248. The van der Waals surface area contributed by atoms with E-state index in [9.17, 15) is 13.2 Å². The van der Waals surface area contributed by atoms with Crippen molar-refractivity contribution in [3.05, 3.63) is 46.0 Å². The van der Waals surface area contributed by atoms with Gasteiger partial charge in [-0.25, -0.2) is 8.42 Å². The summed E-state index contributed by atoms with van der Waals surface area (Å²) in [6, 6.07) is 3.39.